The van der Waals surface area contributed by atoms with Crippen LogP contribution in [0.5, 0.6) is 0 Å². The topological polar surface area (TPSA) is 15.6 Å². The van der Waals surface area contributed by atoms with Gasteiger partial charge >= 0.3 is 0 Å². The molecular weight excluding hydrogens is 276 g/mol. The Kier molecular flexibility index (Phi) is 3.44. The number of amidine groups is 1. The smallest absolute Gasteiger partial charge is 0.159 e. The maximum atomic E-state index is 4.70. The molecule has 4 rings (SSSR count). The largest absolute Gasteiger partial charge is 0.343 e. The minimum atomic E-state index is 0.442. The summed E-state index contributed by atoms with van der Waals surface area (Å²) < 4.78 is 0. The Labute approximate surface area is 129 Å². The molecular formula is C18H18N2S. The van der Waals surface area contributed by atoms with Crippen molar-refractivity contribution >= 4 is 16.9 Å². The van der Waals surface area contributed by atoms with E-state index in [0.717, 1.165) is 13.1 Å². The molecule has 2 heterocycles. The minimum absolute atomic E-state index is 0.442. The third kappa shape index (κ3) is 2.46. The molecule has 1 unspecified atom stereocenters. The van der Waals surface area contributed by atoms with Gasteiger partial charge in [-0.3, -0.25) is 4.99 Å². The summed E-state index contributed by atoms with van der Waals surface area (Å²) in [6.45, 7) is 2.06. The van der Waals surface area contributed by atoms with Gasteiger partial charge in [-0.15, -0.1) is 0 Å². The van der Waals surface area contributed by atoms with Gasteiger partial charge in [0.15, 0.2) is 5.17 Å². The van der Waals surface area contributed by atoms with Crippen LogP contribution in [0.4, 0.5) is 0 Å². The normalized spacial score (nSPS) is 21.0. The molecule has 2 aliphatic heterocycles. The molecule has 1 saturated heterocycles. The standard InChI is InChI=1S/C18H18N2S/c1-2-5-14(6-3-1)15-7-9-16(10-8-15)17-13-19-18-20(17)11-4-12-21-18/h1-3,5-10,17H,4,11-13H2. The Morgan fingerprint density at radius 3 is 2.52 bits per heavy atom. The van der Waals surface area contributed by atoms with E-state index in [9.17, 15) is 0 Å². The van der Waals surface area contributed by atoms with E-state index in [2.05, 4.69) is 59.5 Å². The van der Waals surface area contributed by atoms with Gasteiger partial charge < -0.3 is 4.90 Å². The first-order valence-corrected chi connectivity index (χ1v) is 8.50. The van der Waals surface area contributed by atoms with Gasteiger partial charge in [-0.05, 0) is 23.1 Å². The molecule has 0 amide bonds. The third-order valence-corrected chi connectivity index (χ3v) is 5.31. The summed E-state index contributed by atoms with van der Waals surface area (Å²) in [5.74, 6) is 1.22. The molecule has 2 nitrogen and oxygen atoms in total. The van der Waals surface area contributed by atoms with Crippen molar-refractivity contribution in [2.75, 3.05) is 18.8 Å². The zero-order valence-electron chi connectivity index (χ0n) is 11.9. The average molecular weight is 294 g/mol. The summed E-state index contributed by atoms with van der Waals surface area (Å²) in [5, 5.41) is 1.25. The van der Waals surface area contributed by atoms with Gasteiger partial charge in [0.05, 0.1) is 12.6 Å². The number of thioether (sulfide) groups is 1. The fourth-order valence-electron chi connectivity index (χ4n) is 3.08. The van der Waals surface area contributed by atoms with Crippen molar-refractivity contribution in [3.8, 4) is 11.1 Å². The van der Waals surface area contributed by atoms with Crippen molar-refractivity contribution in [2.45, 2.75) is 12.5 Å². The van der Waals surface area contributed by atoms with Crippen LogP contribution >= 0.6 is 11.8 Å². The van der Waals surface area contributed by atoms with Crippen molar-refractivity contribution in [1.82, 2.24) is 4.90 Å². The van der Waals surface area contributed by atoms with Gasteiger partial charge in [0, 0.05) is 12.3 Å². The first-order valence-electron chi connectivity index (χ1n) is 7.51. The van der Waals surface area contributed by atoms with Crippen molar-refractivity contribution < 1.29 is 0 Å². The van der Waals surface area contributed by atoms with Crippen molar-refractivity contribution in [1.29, 1.82) is 0 Å². The van der Waals surface area contributed by atoms with E-state index in [1.54, 1.807) is 0 Å². The average Bonchev–Trinajstić information content (AvgIpc) is 3.00. The van der Waals surface area contributed by atoms with E-state index in [0.29, 0.717) is 6.04 Å². The summed E-state index contributed by atoms with van der Waals surface area (Å²) in [4.78, 5) is 7.18. The van der Waals surface area contributed by atoms with Gasteiger partial charge in [0.25, 0.3) is 0 Å². The maximum absolute atomic E-state index is 4.70. The molecule has 1 fully saturated rings. The van der Waals surface area contributed by atoms with Crippen LogP contribution in [-0.4, -0.2) is 28.9 Å². The molecule has 0 aliphatic carbocycles. The number of hydrogen-bond acceptors (Lipinski definition) is 3. The van der Waals surface area contributed by atoms with Gasteiger partial charge in [-0.25, -0.2) is 0 Å². The summed E-state index contributed by atoms with van der Waals surface area (Å²) in [6, 6.07) is 20.0. The maximum Gasteiger partial charge on any atom is 0.159 e. The van der Waals surface area contributed by atoms with E-state index in [-0.39, 0.29) is 0 Å². The number of rotatable bonds is 2. The zero-order valence-corrected chi connectivity index (χ0v) is 12.7. The fourth-order valence-corrected chi connectivity index (χ4v) is 4.09. The van der Waals surface area contributed by atoms with Gasteiger partial charge in [0.2, 0.25) is 0 Å². The van der Waals surface area contributed by atoms with Crippen LogP contribution in [0.2, 0.25) is 0 Å². The molecule has 3 heteroatoms. The quantitative estimate of drug-likeness (QED) is 0.825. The Balaban J connectivity index is 1.57. The van der Waals surface area contributed by atoms with E-state index in [1.807, 2.05) is 11.8 Å². The summed E-state index contributed by atoms with van der Waals surface area (Å²) >= 11 is 1.91. The number of nitrogens with zero attached hydrogens (tertiary/aromatic N) is 2. The molecule has 106 valence electrons. The molecule has 0 radical (unpaired) electrons. The van der Waals surface area contributed by atoms with Gasteiger partial charge in [-0.2, -0.15) is 0 Å². The van der Waals surface area contributed by atoms with Gasteiger partial charge in [0.1, 0.15) is 0 Å². The van der Waals surface area contributed by atoms with Crippen LogP contribution in [0, 0.1) is 0 Å². The Hall–Kier alpha value is -1.74. The van der Waals surface area contributed by atoms with Crippen molar-refractivity contribution in [2.24, 2.45) is 4.99 Å². The van der Waals surface area contributed by atoms with Crippen LogP contribution in [0.3, 0.4) is 0 Å². The van der Waals surface area contributed by atoms with Crippen LogP contribution in [-0.2, 0) is 0 Å². The second-order valence-corrected chi connectivity index (χ2v) is 6.58. The minimum Gasteiger partial charge on any atom is -0.343 e. The van der Waals surface area contributed by atoms with Crippen LogP contribution < -0.4 is 0 Å². The van der Waals surface area contributed by atoms with E-state index < -0.39 is 0 Å². The molecule has 2 aromatic carbocycles. The first kappa shape index (κ1) is 13.0. The lowest BCUT2D eigenvalue weighted by atomic mass is 10.0. The van der Waals surface area contributed by atoms with Crippen LogP contribution in [0.1, 0.15) is 18.0 Å². The number of benzene rings is 2. The highest BCUT2D eigenvalue weighted by Gasteiger charge is 2.30. The molecule has 2 aromatic rings. The molecule has 1 atom stereocenters. The third-order valence-electron chi connectivity index (χ3n) is 4.20. The molecule has 0 bridgehead atoms. The number of aliphatic imine (C=N–C) groups is 1. The predicted molar refractivity (Wildman–Crippen MR) is 90.7 cm³/mol. The molecule has 2 aliphatic rings. The van der Waals surface area contributed by atoms with E-state index in [4.69, 9.17) is 4.99 Å². The number of hydrogen-bond donors (Lipinski definition) is 0. The lowest BCUT2D eigenvalue weighted by molar-refractivity contribution is 0.353. The molecule has 0 aromatic heterocycles. The lowest BCUT2D eigenvalue weighted by Gasteiger charge is -2.31. The Morgan fingerprint density at radius 2 is 1.71 bits per heavy atom. The number of fused-ring (bicyclic) bond motifs is 1. The second kappa shape index (κ2) is 5.57. The van der Waals surface area contributed by atoms with Gasteiger partial charge in [-0.1, -0.05) is 66.4 Å². The summed E-state index contributed by atoms with van der Waals surface area (Å²) in [6.07, 6.45) is 1.27. The van der Waals surface area contributed by atoms with E-state index >= 15 is 0 Å². The highest BCUT2D eigenvalue weighted by atomic mass is 32.2. The van der Waals surface area contributed by atoms with Crippen molar-refractivity contribution in [3.05, 3.63) is 60.2 Å². The summed E-state index contributed by atoms with van der Waals surface area (Å²) in [5.41, 5.74) is 3.95. The monoisotopic (exact) mass is 294 g/mol. The van der Waals surface area contributed by atoms with Crippen LogP contribution in [0.15, 0.2) is 59.6 Å². The second-order valence-electron chi connectivity index (χ2n) is 5.52. The highest BCUT2D eigenvalue weighted by Crippen LogP contribution is 2.34. The lowest BCUT2D eigenvalue weighted by Crippen LogP contribution is -2.33. The molecule has 21 heavy (non-hydrogen) atoms. The predicted octanol–water partition coefficient (Wildman–Crippen LogP) is 4.20. The zero-order chi connectivity index (χ0) is 14.1. The first-order chi connectivity index (χ1) is 10.4. The Morgan fingerprint density at radius 1 is 0.952 bits per heavy atom. The molecule has 0 N–H and O–H groups in total. The summed E-state index contributed by atoms with van der Waals surface area (Å²) in [7, 11) is 0. The Bertz CT molecular complexity index is 649. The van der Waals surface area contributed by atoms with Crippen molar-refractivity contribution in [3.63, 3.8) is 0 Å². The van der Waals surface area contributed by atoms with E-state index in [1.165, 1.54) is 34.0 Å². The highest BCUT2D eigenvalue weighted by molar-refractivity contribution is 8.13. The molecule has 0 spiro atoms. The molecule has 0 saturated carbocycles. The van der Waals surface area contributed by atoms with Crippen LogP contribution in [0.25, 0.3) is 11.1 Å². The fraction of sp³-hybridized carbons (Fsp3) is 0.278. The SMILES string of the molecule is c1ccc(-c2ccc(C3CN=C4SCCCN43)cc2)cc1.